The fraction of sp³-hybridized carbons (Fsp3) is 0.591. The van der Waals surface area contributed by atoms with Gasteiger partial charge in [-0.1, -0.05) is 25.8 Å². The lowest BCUT2D eigenvalue weighted by Gasteiger charge is -2.32. The molecule has 1 aromatic heterocycles. The molecule has 162 valence electrons. The molecule has 1 N–H and O–H groups in total. The first-order chi connectivity index (χ1) is 14.6. The minimum absolute atomic E-state index is 0.00615. The molecule has 0 unspecified atom stereocenters. The molecule has 2 aliphatic rings. The summed E-state index contributed by atoms with van der Waals surface area (Å²) in [4.78, 5) is 17.1. The number of nitrogens with one attached hydrogen (secondary N) is 1. The lowest BCUT2D eigenvalue weighted by atomic mass is 9.98. The minimum Gasteiger partial charge on any atom is -0.493 e. The number of benzene rings is 1. The van der Waals surface area contributed by atoms with Gasteiger partial charge in [-0.05, 0) is 37.0 Å². The molecule has 4 rings (SSSR count). The average molecular weight is 415 g/mol. The van der Waals surface area contributed by atoms with Crippen molar-refractivity contribution in [2.75, 3.05) is 20.8 Å². The molecule has 8 nitrogen and oxygen atoms in total. The fourth-order valence-electron chi connectivity index (χ4n) is 4.40. The molecule has 1 saturated carbocycles. The highest BCUT2D eigenvalue weighted by atomic mass is 16.5. The third-order valence-electron chi connectivity index (χ3n) is 5.91. The van der Waals surface area contributed by atoms with E-state index in [1.54, 1.807) is 14.2 Å². The summed E-state index contributed by atoms with van der Waals surface area (Å²) in [6.45, 7) is 2.89. The zero-order valence-corrected chi connectivity index (χ0v) is 17.9. The molecule has 1 aliphatic carbocycles. The van der Waals surface area contributed by atoms with Crippen molar-refractivity contribution in [3.8, 4) is 11.5 Å². The van der Waals surface area contributed by atoms with E-state index >= 15 is 0 Å². The number of morpholine rings is 1. The van der Waals surface area contributed by atoms with Crippen molar-refractivity contribution < 1.29 is 19.0 Å². The first kappa shape index (κ1) is 20.7. The van der Waals surface area contributed by atoms with E-state index in [4.69, 9.17) is 24.3 Å². The maximum absolute atomic E-state index is 12.2. The third-order valence-corrected chi connectivity index (χ3v) is 5.91. The number of carbonyl (C=O) groups is 1. The summed E-state index contributed by atoms with van der Waals surface area (Å²) in [6, 6.07) is 5.26. The zero-order chi connectivity index (χ0) is 21.1. The molecule has 1 aromatic carbocycles. The van der Waals surface area contributed by atoms with Gasteiger partial charge in [-0.15, -0.1) is 0 Å². The monoisotopic (exact) mass is 414 g/mol. The first-order valence-corrected chi connectivity index (χ1v) is 10.7. The van der Waals surface area contributed by atoms with Crippen molar-refractivity contribution in [2.45, 2.75) is 63.6 Å². The molecule has 8 heteroatoms. The number of ether oxygens (including phenoxy) is 3. The maximum atomic E-state index is 12.2. The zero-order valence-electron chi connectivity index (χ0n) is 17.9. The van der Waals surface area contributed by atoms with Crippen molar-refractivity contribution in [1.29, 1.82) is 0 Å². The predicted octanol–water partition coefficient (Wildman–Crippen LogP) is 3.29. The van der Waals surface area contributed by atoms with E-state index in [0.717, 1.165) is 43.0 Å². The number of aryl methyl sites for hydroxylation is 1. The minimum atomic E-state index is -0.421. The number of hydrogen-bond acceptors (Lipinski definition) is 6. The fourth-order valence-corrected chi connectivity index (χ4v) is 4.40. The summed E-state index contributed by atoms with van der Waals surface area (Å²) < 4.78 is 18.8. The number of rotatable bonds is 7. The van der Waals surface area contributed by atoms with Gasteiger partial charge in [0.1, 0.15) is 12.7 Å². The summed E-state index contributed by atoms with van der Waals surface area (Å²) in [6.07, 6.45) is 5.25. The van der Waals surface area contributed by atoms with Crippen LogP contribution in [0.1, 0.15) is 74.3 Å². The Balaban J connectivity index is 1.71. The smallest absolute Gasteiger partial charge is 0.246 e. The Morgan fingerprint density at radius 1 is 1.20 bits per heavy atom. The van der Waals surface area contributed by atoms with Crippen LogP contribution in [0.2, 0.25) is 0 Å². The second-order valence-electron chi connectivity index (χ2n) is 7.92. The molecule has 2 aromatic rings. The lowest BCUT2D eigenvalue weighted by Crippen LogP contribution is -2.42. The highest BCUT2D eigenvalue weighted by Crippen LogP contribution is 2.39. The third kappa shape index (κ3) is 4.01. The summed E-state index contributed by atoms with van der Waals surface area (Å²) >= 11 is 0. The SMILES string of the molecule is CCCn1nc(C2CCCC2)nc1[C@H]1OCC(=O)N[C@@H]1c1ccc(OC)c(OC)c1. The first-order valence-electron chi connectivity index (χ1n) is 10.7. The second kappa shape index (κ2) is 9.04. The topological polar surface area (TPSA) is 87.5 Å². The molecule has 30 heavy (non-hydrogen) atoms. The van der Waals surface area contributed by atoms with Crippen LogP contribution in [-0.4, -0.2) is 41.5 Å². The molecule has 0 spiro atoms. The Morgan fingerprint density at radius 3 is 2.67 bits per heavy atom. The van der Waals surface area contributed by atoms with E-state index in [2.05, 4.69) is 12.2 Å². The summed E-state index contributed by atoms with van der Waals surface area (Å²) in [7, 11) is 3.20. The van der Waals surface area contributed by atoms with Gasteiger partial charge >= 0.3 is 0 Å². The number of nitrogens with zero attached hydrogens (tertiary/aromatic N) is 3. The quantitative estimate of drug-likeness (QED) is 0.748. The Bertz CT molecular complexity index is 891. The van der Waals surface area contributed by atoms with Crippen LogP contribution in [0.15, 0.2) is 18.2 Å². The summed E-state index contributed by atoms with van der Waals surface area (Å²) in [5, 5.41) is 7.91. The van der Waals surface area contributed by atoms with Crippen LogP contribution in [0, 0.1) is 0 Å². The van der Waals surface area contributed by atoms with Crippen molar-refractivity contribution in [3.63, 3.8) is 0 Å². The van der Waals surface area contributed by atoms with Gasteiger partial charge in [0.15, 0.2) is 23.1 Å². The predicted molar refractivity (Wildman–Crippen MR) is 111 cm³/mol. The van der Waals surface area contributed by atoms with Crippen LogP contribution >= 0.6 is 0 Å². The molecule has 0 bridgehead atoms. The average Bonchev–Trinajstić information content (AvgIpc) is 3.44. The number of amides is 1. The number of aromatic nitrogens is 3. The molecule has 1 amide bonds. The van der Waals surface area contributed by atoms with Gasteiger partial charge in [-0.3, -0.25) is 4.79 Å². The Morgan fingerprint density at radius 2 is 1.97 bits per heavy atom. The lowest BCUT2D eigenvalue weighted by molar-refractivity contribution is -0.138. The molecule has 1 aliphatic heterocycles. The number of carbonyl (C=O) groups excluding carboxylic acids is 1. The van der Waals surface area contributed by atoms with E-state index in [9.17, 15) is 4.79 Å². The van der Waals surface area contributed by atoms with Crippen LogP contribution < -0.4 is 14.8 Å². The van der Waals surface area contributed by atoms with E-state index in [1.165, 1.54) is 12.8 Å². The van der Waals surface area contributed by atoms with Crippen LogP contribution in [-0.2, 0) is 16.1 Å². The Hall–Kier alpha value is -2.61. The standard InChI is InChI=1S/C22H30N4O4/c1-4-11-26-22(24-21(25-26)14-7-5-6-8-14)20-19(23-18(27)13-30-20)15-9-10-16(28-2)17(12-15)29-3/h9-10,12,14,19-20H,4-8,11,13H2,1-3H3,(H,23,27)/t19-,20+/m1/s1. The molecular weight excluding hydrogens is 384 g/mol. The summed E-state index contributed by atoms with van der Waals surface area (Å²) in [5.74, 6) is 3.19. The van der Waals surface area contributed by atoms with Crippen molar-refractivity contribution >= 4 is 5.91 Å². The second-order valence-corrected chi connectivity index (χ2v) is 7.92. The normalized spacial score (nSPS) is 22.2. The molecular formula is C22H30N4O4. The van der Waals surface area contributed by atoms with E-state index < -0.39 is 6.10 Å². The van der Waals surface area contributed by atoms with E-state index in [-0.39, 0.29) is 18.6 Å². The molecule has 2 heterocycles. The van der Waals surface area contributed by atoms with Gasteiger partial charge < -0.3 is 19.5 Å². The van der Waals surface area contributed by atoms with Gasteiger partial charge in [0.05, 0.1) is 20.3 Å². The molecule has 2 atom stereocenters. The number of methoxy groups -OCH3 is 2. The van der Waals surface area contributed by atoms with Gasteiger partial charge in [0.2, 0.25) is 5.91 Å². The van der Waals surface area contributed by atoms with Crippen LogP contribution in [0.4, 0.5) is 0 Å². The molecule has 2 fully saturated rings. The molecule has 0 radical (unpaired) electrons. The van der Waals surface area contributed by atoms with Crippen LogP contribution in [0.5, 0.6) is 11.5 Å². The van der Waals surface area contributed by atoms with Crippen molar-refractivity contribution in [3.05, 3.63) is 35.4 Å². The largest absolute Gasteiger partial charge is 0.493 e. The Labute approximate surface area is 176 Å². The number of hydrogen-bond donors (Lipinski definition) is 1. The van der Waals surface area contributed by atoms with Crippen LogP contribution in [0.25, 0.3) is 0 Å². The highest BCUT2D eigenvalue weighted by molar-refractivity contribution is 5.78. The molecule has 1 saturated heterocycles. The maximum Gasteiger partial charge on any atom is 0.246 e. The van der Waals surface area contributed by atoms with Crippen LogP contribution in [0.3, 0.4) is 0 Å². The van der Waals surface area contributed by atoms with E-state index in [0.29, 0.717) is 17.4 Å². The van der Waals surface area contributed by atoms with Crippen molar-refractivity contribution in [1.82, 2.24) is 20.1 Å². The van der Waals surface area contributed by atoms with Crippen molar-refractivity contribution in [2.24, 2.45) is 0 Å². The van der Waals surface area contributed by atoms with Gasteiger partial charge in [0.25, 0.3) is 0 Å². The Kier molecular flexibility index (Phi) is 6.22. The van der Waals surface area contributed by atoms with Gasteiger partial charge in [0, 0.05) is 12.5 Å². The van der Waals surface area contributed by atoms with Gasteiger partial charge in [-0.25, -0.2) is 9.67 Å². The van der Waals surface area contributed by atoms with Gasteiger partial charge in [-0.2, -0.15) is 5.10 Å². The highest BCUT2D eigenvalue weighted by Gasteiger charge is 2.37. The van der Waals surface area contributed by atoms with E-state index in [1.807, 2.05) is 22.9 Å². The summed E-state index contributed by atoms with van der Waals surface area (Å²) in [5.41, 5.74) is 0.874.